The molecule has 1 heterocycles. The molecule has 3 unspecified atom stereocenters. The van der Waals surface area contributed by atoms with Crippen molar-refractivity contribution in [2.75, 3.05) is 19.7 Å². The molecule has 0 saturated carbocycles. The molecule has 1 saturated heterocycles. The maximum absolute atomic E-state index is 11.3. The van der Waals surface area contributed by atoms with E-state index in [0.29, 0.717) is 13.0 Å². The van der Waals surface area contributed by atoms with Gasteiger partial charge in [0.15, 0.2) is 0 Å². The lowest BCUT2D eigenvalue weighted by Crippen LogP contribution is -2.43. The van der Waals surface area contributed by atoms with Gasteiger partial charge in [0.25, 0.3) is 0 Å². The summed E-state index contributed by atoms with van der Waals surface area (Å²) in [6.45, 7) is 0.0747. The fourth-order valence-corrected chi connectivity index (χ4v) is 1.32. The molecule has 5 N–H and O–H groups in total. The monoisotopic (exact) mass is 204 g/mol. The standard InChI is InChI=1S/C8H16N2O4/c11-4-6(13)3-10-8(14)7-1-5(12)2-9-7/h5-7,9,11-13H,1-4H2,(H,10,14). The highest BCUT2D eigenvalue weighted by Gasteiger charge is 2.27. The summed E-state index contributed by atoms with van der Waals surface area (Å²) < 4.78 is 0. The number of carbonyl (C=O) groups excluding carboxylic acids is 1. The molecule has 82 valence electrons. The zero-order valence-electron chi connectivity index (χ0n) is 7.81. The first-order chi connectivity index (χ1) is 6.63. The number of amides is 1. The van der Waals surface area contributed by atoms with Gasteiger partial charge in [0, 0.05) is 13.1 Å². The van der Waals surface area contributed by atoms with E-state index in [1.165, 1.54) is 0 Å². The minimum absolute atomic E-state index is 0.0314. The van der Waals surface area contributed by atoms with Crippen molar-refractivity contribution < 1.29 is 20.1 Å². The maximum Gasteiger partial charge on any atom is 0.237 e. The van der Waals surface area contributed by atoms with Crippen molar-refractivity contribution in [3.63, 3.8) is 0 Å². The molecule has 1 aliphatic rings. The molecule has 1 rings (SSSR count). The van der Waals surface area contributed by atoms with Gasteiger partial charge in [-0.15, -0.1) is 0 Å². The second-order valence-electron chi connectivity index (χ2n) is 3.43. The van der Waals surface area contributed by atoms with Crippen molar-refractivity contribution >= 4 is 5.91 Å². The van der Waals surface area contributed by atoms with Crippen LogP contribution in [0.3, 0.4) is 0 Å². The van der Waals surface area contributed by atoms with Crippen LogP contribution in [0, 0.1) is 0 Å². The second-order valence-corrected chi connectivity index (χ2v) is 3.43. The van der Waals surface area contributed by atoms with E-state index in [0.717, 1.165) is 0 Å². The third-order valence-corrected chi connectivity index (χ3v) is 2.15. The molecular weight excluding hydrogens is 188 g/mol. The van der Waals surface area contributed by atoms with Crippen LogP contribution < -0.4 is 10.6 Å². The summed E-state index contributed by atoms with van der Waals surface area (Å²) in [6.07, 6.45) is -1.01. The Morgan fingerprint density at radius 2 is 2.36 bits per heavy atom. The smallest absolute Gasteiger partial charge is 0.237 e. The van der Waals surface area contributed by atoms with E-state index >= 15 is 0 Å². The zero-order chi connectivity index (χ0) is 10.6. The van der Waals surface area contributed by atoms with Gasteiger partial charge in [0.1, 0.15) is 0 Å². The van der Waals surface area contributed by atoms with Gasteiger partial charge in [-0.25, -0.2) is 0 Å². The Hall–Kier alpha value is -0.690. The first-order valence-corrected chi connectivity index (χ1v) is 4.61. The topological polar surface area (TPSA) is 102 Å². The van der Waals surface area contributed by atoms with Crippen LogP contribution >= 0.6 is 0 Å². The van der Waals surface area contributed by atoms with E-state index in [1.54, 1.807) is 0 Å². The summed E-state index contributed by atoms with van der Waals surface area (Å²) in [5.41, 5.74) is 0. The fourth-order valence-electron chi connectivity index (χ4n) is 1.32. The Balaban J connectivity index is 2.22. The van der Waals surface area contributed by atoms with Crippen LogP contribution in [0.25, 0.3) is 0 Å². The number of hydrogen-bond acceptors (Lipinski definition) is 5. The minimum Gasteiger partial charge on any atom is -0.394 e. The lowest BCUT2D eigenvalue weighted by Gasteiger charge is -2.12. The van der Waals surface area contributed by atoms with E-state index in [1.807, 2.05) is 0 Å². The molecule has 0 aromatic rings. The van der Waals surface area contributed by atoms with E-state index in [2.05, 4.69) is 10.6 Å². The maximum atomic E-state index is 11.3. The lowest BCUT2D eigenvalue weighted by molar-refractivity contribution is -0.123. The molecule has 0 aromatic carbocycles. The van der Waals surface area contributed by atoms with Crippen molar-refractivity contribution in [3.05, 3.63) is 0 Å². The molecule has 0 bridgehead atoms. The van der Waals surface area contributed by atoms with Gasteiger partial charge >= 0.3 is 0 Å². The number of aliphatic hydroxyl groups is 3. The Morgan fingerprint density at radius 3 is 2.86 bits per heavy atom. The van der Waals surface area contributed by atoms with Gasteiger partial charge in [-0.1, -0.05) is 0 Å². The molecule has 0 spiro atoms. The number of β-amino-alcohol motifs (C(OH)–C–C–N with tert-alkyl or cyclic N) is 1. The van der Waals surface area contributed by atoms with Crippen LogP contribution in [0.4, 0.5) is 0 Å². The zero-order valence-corrected chi connectivity index (χ0v) is 7.81. The van der Waals surface area contributed by atoms with Gasteiger partial charge in [-0.2, -0.15) is 0 Å². The Kier molecular flexibility index (Phi) is 4.27. The summed E-state index contributed by atoms with van der Waals surface area (Å²) in [4.78, 5) is 11.3. The molecule has 1 aliphatic heterocycles. The average molecular weight is 204 g/mol. The predicted octanol–water partition coefficient (Wildman–Crippen LogP) is -2.82. The van der Waals surface area contributed by atoms with Crippen molar-refractivity contribution in [2.24, 2.45) is 0 Å². The highest BCUT2D eigenvalue weighted by Crippen LogP contribution is 2.05. The largest absolute Gasteiger partial charge is 0.394 e. The summed E-state index contributed by atoms with van der Waals surface area (Å²) in [5.74, 6) is -0.256. The number of carbonyl (C=O) groups is 1. The molecule has 0 radical (unpaired) electrons. The first-order valence-electron chi connectivity index (χ1n) is 4.61. The molecule has 0 aromatic heterocycles. The van der Waals surface area contributed by atoms with Crippen LogP contribution in [0.2, 0.25) is 0 Å². The fraction of sp³-hybridized carbons (Fsp3) is 0.875. The normalized spacial score (nSPS) is 28.8. The van der Waals surface area contributed by atoms with Crippen LogP contribution in [0.5, 0.6) is 0 Å². The van der Waals surface area contributed by atoms with Gasteiger partial charge in [-0.05, 0) is 6.42 Å². The van der Waals surface area contributed by atoms with Gasteiger partial charge in [-0.3, -0.25) is 4.79 Å². The molecule has 3 atom stereocenters. The molecule has 1 fully saturated rings. The predicted molar refractivity (Wildman–Crippen MR) is 48.5 cm³/mol. The third kappa shape index (κ3) is 3.22. The Bertz CT molecular complexity index is 200. The molecule has 6 nitrogen and oxygen atoms in total. The van der Waals surface area contributed by atoms with Crippen LogP contribution in [-0.4, -0.2) is 59.2 Å². The minimum atomic E-state index is -0.926. The molecule has 1 amide bonds. The second kappa shape index (κ2) is 5.26. The van der Waals surface area contributed by atoms with Crippen molar-refractivity contribution in [3.8, 4) is 0 Å². The highest BCUT2D eigenvalue weighted by atomic mass is 16.3. The van der Waals surface area contributed by atoms with Crippen LogP contribution in [0.1, 0.15) is 6.42 Å². The summed E-state index contributed by atoms with van der Waals surface area (Å²) in [6, 6.07) is -0.393. The van der Waals surface area contributed by atoms with Gasteiger partial charge < -0.3 is 26.0 Å². The summed E-state index contributed by atoms with van der Waals surface area (Å²) in [5, 5.41) is 31.9. The van der Waals surface area contributed by atoms with E-state index in [-0.39, 0.29) is 19.1 Å². The number of aliphatic hydroxyl groups excluding tert-OH is 3. The van der Waals surface area contributed by atoms with E-state index in [9.17, 15) is 4.79 Å². The van der Waals surface area contributed by atoms with Gasteiger partial charge in [0.05, 0.1) is 24.9 Å². The number of rotatable bonds is 4. The Morgan fingerprint density at radius 1 is 1.64 bits per heavy atom. The van der Waals surface area contributed by atoms with E-state index in [4.69, 9.17) is 15.3 Å². The third-order valence-electron chi connectivity index (χ3n) is 2.15. The quantitative estimate of drug-likeness (QED) is 0.340. The number of hydrogen-bond donors (Lipinski definition) is 5. The molecular formula is C8H16N2O4. The SMILES string of the molecule is O=C(NCC(O)CO)C1CC(O)CN1. The van der Waals surface area contributed by atoms with Crippen LogP contribution in [0.15, 0.2) is 0 Å². The van der Waals surface area contributed by atoms with Crippen molar-refractivity contribution in [1.82, 2.24) is 10.6 Å². The number of nitrogens with one attached hydrogen (secondary N) is 2. The highest BCUT2D eigenvalue weighted by molar-refractivity contribution is 5.82. The summed E-state index contributed by atoms with van der Waals surface area (Å²) >= 11 is 0. The van der Waals surface area contributed by atoms with Crippen molar-refractivity contribution in [1.29, 1.82) is 0 Å². The van der Waals surface area contributed by atoms with E-state index < -0.39 is 18.2 Å². The summed E-state index contributed by atoms with van der Waals surface area (Å²) in [7, 11) is 0. The average Bonchev–Trinajstić information content (AvgIpc) is 2.60. The van der Waals surface area contributed by atoms with Crippen LogP contribution in [-0.2, 0) is 4.79 Å². The Labute approximate surface area is 81.9 Å². The molecule has 0 aliphatic carbocycles. The lowest BCUT2D eigenvalue weighted by atomic mass is 10.2. The van der Waals surface area contributed by atoms with Crippen molar-refractivity contribution in [2.45, 2.75) is 24.7 Å². The molecule has 6 heteroatoms. The van der Waals surface area contributed by atoms with Gasteiger partial charge in [0.2, 0.25) is 5.91 Å². The first kappa shape index (κ1) is 11.4. The molecule has 14 heavy (non-hydrogen) atoms.